The molecule has 0 radical (unpaired) electrons. The Morgan fingerprint density at radius 2 is 1.38 bits per heavy atom. The lowest BCUT2D eigenvalue weighted by Gasteiger charge is -2.07. The summed E-state index contributed by atoms with van der Waals surface area (Å²) in [6, 6.07) is 0. The zero-order valence-corrected chi connectivity index (χ0v) is 12.7. The van der Waals surface area contributed by atoms with E-state index >= 15 is 0 Å². The number of hydrogen-bond acceptors (Lipinski definition) is 6. The first-order valence-electron chi connectivity index (χ1n) is 7.08. The van der Waals surface area contributed by atoms with Crippen molar-refractivity contribution >= 4 is 5.78 Å². The summed E-state index contributed by atoms with van der Waals surface area (Å²) in [4.78, 5) is 13.3. The lowest BCUT2D eigenvalue weighted by molar-refractivity contribution is -0.118. The second-order valence-corrected chi connectivity index (χ2v) is 4.21. The summed E-state index contributed by atoms with van der Waals surface area (Å²) >= 11 is 0. The molecule has 0 aromatic rings. The summed E-state index contributed by atoms with van der Waals surface area (Å²) in [6.45, 7) is 6.05. The molecule has 8 heteroatoms. The predicted octanol–water partition coefficient (Wildman–Crippen LogP) is 1.73. The molecule has 122 valence electrons. The highest BCUT2D eigenvalue weighted by Crippen LogP contribution is 1.87. The van der Waals surface area contributed by atoms with Gasteiger partial charge in [0, 0.05) is 24.5 Å². The van der Waals surface area contributed by atoms with Gasteiger partial charge in [-0.1, -0.05) is 5.11 Å². The third-order valence-corrected chi connectivity index (χ3v) is 2.32. The quantitative estimate of drug-likeness (QED) is 0.187. The Hall–Kier alpha value is -1.18. The minimum absolute atomic E-state index is 0.129. The van der Waals surface area contributed by atoms with Crippen LogP contribution >= 0.6 is 0 Å². The number of Topliss-reactive ketones (excluding diaryl/α,β-unsaturated/α-hetero) is 1. The van der Waals surface area contributed by atoms with Crippen molar-refractivity contribution < 1.29 is 23.7 Å². The van der Waals surface area contributed by atoms with Crippen LogP contribution in [0.3, 0.4) is 0 Å². The van der Waals surface area contributed by atoms with Gasteiger partial charge in [0.25, 0.3) is 0 Å². The zero-order chi connectivity index (χ0) is 15.6. The van der Waals surface area contributed by atoms with Crippen molar-refractivity contribution in [2.24, 2.45) is 5.11 Å². The van der Waals surface area contributed by atoms with Gasteiger partial charge in [0.05, 0.1) is 46.2 Å². The molecular weight excluding hydrogens is 278 g/mol. The molecule has 0 heterocycles. The fourth-order valence-electron chi connectivity index (χ4n) is 1.26. The molecule has 0 aliphatic carbocycles. The van der Waals surface area contributed by atoms with Crippen molar-refractivity contribution in [3.8, 4) is 0 Å². The number of carbonyl (C=O) groups is 1. The summed E-state index contributed by atoms with van der Waals surface area (Å²) in [6.07, 6.45) is 1.17. The standard InChI is InChI=1S/C13H25N3O5/c1-13(17)3-6-19-8-10-21-12-11-20-9-7-18-5-2-4-15-16-14/h2-12H2,1H3. The fourth-order valence-corrected chi connectivity index (χ4v) is 1.26. The molecule has 0 aromatic carbocycles. The molecule has 0 saturated heterocycles. The van der Waals surface area contributed by atoms with Gasteiger partial charge in [0.15, 0.2) is 0 Å². The molecule has 0 aromatic heterocycles. The third kappa shape index (κ3) is 18.8. The van der Waals surface area contributed by atoms with E-state index in [9.17, 15) is 4.79 Å². The maximum atomic E-state index is 10.6. The molecule has 21 heavy (non-hydrogen) atoms. The van der Waals surface area contributed by atoms with Crippen LogP contribution in [0.25, 0.3) is 10.4 Å². The SMILES string of the molecule is CC(=O)CCOCCOCCOCCOCCCN=[N+]=[N-]. The molecular formula is C13H25N3O5. The molecule has 0 rings (SSSR count). The summed E-state index contributed by atoms with van der Waals surface area (Å²) in [5.74, 6) is 0.129. The number of ketones is 1. The van der Waals surface area contributed by atoms with Gasteiger partial charge < -0.3 is 18.9 Å². The molecule has 0 aliphatic heterocycles. The van der Waals surface area contributed by atoms with Crippen molar-refractivity contribution in [3.05, 3.63) is 10.4 Å². The summed E-state index contributed by atoms with van der Waals surface area (Å²) in [5, 5.41) is 3.40. The number of hydrogen-bond donors (Lipinski definition) is 0. The molecule has 0 aliphatic rings. The number of ether oxygens (including phenoxy) is 4. The topological polar surface area (TPSA) is 103 Å². The van der Waals surface area contributed by atoms with Crippen molar-refractivity contribution in [1.82, 2.24) is 0 Å². The lowest BCUT2D eigenvalue weighted by atomic mass is 10.3. The highest BCUT2D eigenvalue weighted by Gasteiger charge is 1.94. The number of carbonyl (C=O) groups excluding carboxylic acids is 1. The monoisotopic (exact) mass is 303 g/mol. The van der Waals surface area contributed by atoms with Crippen LogP contribution in [0.5, 0.6) is 0 Å². The Morgan fingerprint density at radius 1 is 0.905 bits per heavy atom. The molecule has 0 unspecified atom stereocenters. The number of nitrogens with zero attached hydrogens (tertiary/aromatic N) is 3. The maximum absolute atomic E-state index is 10.6. The Morgan fingerprint density at radius 3 is 1.86 bits per heavy atom. The van der Waals surface area contributed by atoms with Gasteiger partial charge >= 0.3 is 0 Å². The summed E-state index contributed by atoms with van der Waals surface area (Å²) < 4.78 is 21.1. The molecule has 0 N–H and O–H groups in total. The van der Waals surface area contributed by atoms with Gasteiger partial charge in [-0.05, 0) is 18.9 Å². The zero-order valence-electron chi connectivity index (χ0n) is 12.7. The molecule has 0 amide bonds. The van der Waals surface area contributed by atoms with Crippen molar-refractivity contribution in [2.75, 3.05) is 59.4 Å². The second kappa shape index (κ2) is 16.9. The predicted molar refractivity (Wildman–Crippen MR) is 77.2 cm³/mol. The second-order valence-electron chi connectivity index (χ2n) is 4.21. The first-order valence-corrected chi connectivity index (χ1v) is 7.08. The van der Waals surface area contributed by atoms with Crippen LogP contribution in [0.4, 0.5) is 0 Å². The van der Waals surface area contributed by atoms with Crippen LogP contribution in [-0.4, -0.2) is 65.2 Å². The van der Waals surface area contributed by atoms with E-state index in [-0.39, 0.29) is 5.78 Å². The van der Waals surface area contributed by atoms with Crippen LogP contribution in [0.2, 0.25) is 0 Å². The largest absolute Gasteiger partial charge is 0.379 e. The average molecular weight is 303 g/mol. The van der Waals surface area contributed by atoms with Crippen LogP contribution in [0.1, 0.15) is 19.8 Å². The Bertz CT molecular complexity index is 282. The van der Waals surface area contributed by atoms with Gasteiger partial charge in [0.1, 0.15) is 5.78 Å². The van der Waals surface area contributed by atoms with E-state index in [0.717, 1.165) is 6.42 Å². The summed E-state index contributed by atoms with van der Waals surface area (Å²) in [5.41, 5.74) is 8.06. The molecule has 0 saturated carbocycles. The van der Waals surface area contributed by atoms with Crippen LogP contribution in [0.15, 0.2) is 5.11 Å². The minimum atomic E-state index is 0.129. The van der Waals surface area contributed by atoms with Crippen LogP contribution in [0, 0.1) is 0 Å². The van der Waals surface area contributed by atoms with Crippen molar-refractivity contribution in [1.29, 1.82) is 0 Å². The van der Waals surface area contributed by atoms with Crippen LogP contribution < -0.4 is 0 Å². The smallest absolute Gasteiger partial charge is 0.132 e. The van der Waals surface area contributed by atoms with Crippen molar-refractivity contribution in [2.45, 2.75) is 19.8 Å². The normalized spacial score (nSPS) is 10.3. The van der Waals surface area contributed by atoms with Gasteiger partial charge in [-0.15, -0.1) is 0 Å². The van der Waals surface area contributed by atoms with E-state index in [4.69, 9.17) is 24.5 Å². The molecule has 8 nitrogen and oxygen atoms in total. The minimum Gasteiger partial charge on any atom is -0.379 e. The maximum Gasteiger partial charge on any atom is 0.132 e. The molecule has 0 fully saturated rings. The van der Waals surface area contributed by atoms with E-state index in [1.165, 1.54) is 0 Å². The van der Waals surface area contributed by atoms with Gasteiger partial charge in [-0.3, -0.25) is 4.79 Å². The van der Waals surface area contributed by atoms with Crippen LogP contribution in [-0.2, 0) is 23.7 Å². The molecule has 0 atom stereocenters. The number of rotatable bonds is 16. The summed E-state index contributed by atoms with van der Waals surface area (Å²) in [7, 11) is 0. The van der Waals surface area contributed by atoms with E-state index < -0.39 is 0 Å². The third-order valence-electron chi connectivity index (χ3n) is 2.32. The van der Waals surface area contributed by atoms with E-state index in [0.29, 0.717) is 65.8 Å². The Labute approximate surface area is 125 Å². The molecule has 0 bridgehead atoms. The van der Waals surface area contributed by atoms with E-state index in [2.05, 4.69) is 10.0 Å². The van der Waals surface area contributed by atoms with Gasteiger partial charge in [-0.2, -0.15) is 0 Å². The average Bonchev–Trinajstić information content (AvgIpc) is 2.46. The first-order chi connectivity index (χ1) is 10.3. The highest BCUT2D eigenvalue weighted by atomic mass is 16.6. The lowest BCUT2D eigenvalue weighted by Crippen LogP contribution is -2.12. The Kier molecular flexibility index (Phi) is 15.9. The Balaban J connectivity index is 2.99. The van der Waals surface area contributed by atoms with E-state index in [1.807, 2.05) is 0 Å². The number of azide groups is 1. The fraction of sp³-hybridized carbons (Fsp3) is 0.923. The molecule has 0 spiro atoms. The first kappa shape index (κ1) is 19.8. The highest BCUT2D eigenvalue weighted by molar-refractivity contribution is 5.75. The van der Waals surface area contributed by atoms with Crippen molar-refractivity contribution in [3.63, 3.8) is 0 Å². The van der Waals surface area contributed by atoms with Gasteiger partial charge in [-0.25, -0.2) is 0 Å². The van der Waals surface area contributed by atoms with Gasteiger partial charge in [0.2, 0.25) is 0 Å². The van der Waals surface area contributed by atoms with E-state index in [1.54, 1.807) is 6.92 Å².